The largest absolute Gasteiger partial charge is 0.338 e. The summed E-state index contributed by atoms with van der Waals surface area (Å²) in [7, 11) is 0. The second-order valence-electron chi connectivity index (χ2n) is 4.69. The number of hydrogen-bond donors (Lipinski definition) is 1. The van der Waals surface area contributed by atoms with Crippen LogP contribution in [0.2, 0.25) is 0 Å². The monoisotopic (exact) mass is 274 g/mol. The van der Waals surface area contributed by atoms with Crippen LogP contribution in [0, 0.1) is 6.92 Å². The van der Waals surface area contributed by atoms with Gasteiger partial charge in [0.1, 0.15) is 0 Å². The Hall–Kier alpha value is -0.650. The molecule has 0 bridgehead atoms. The maximum absolute atomic E-state index is 5.21. The number of hydrogen-bond acceptors (Lipinski definition) is 5. The van der Waals surface area contributed by atoms with Crippen LogP contribution in [0.3, 0.4) is 0 Å². The van der Waals surface area contributed by atoms with Crippen LogP contribution in [0.1, 0.15) is 37.9 Å². The normalized spacial score (nSPS) is 16.8. The second-order valence-corrected chi connectivity index (χ2v) is 4.69. The van der Waals surface area contributed by atoms with E-state index < -0.39 is 0 Å². The van der Waals surface area contributed by atoms with Crippen molar-refractivity contribution >= 4 is 12.4 Å². The van der Waals surface area contributed by atoms with Crippen molar-refractivity contribution in [3.63, 3.8) is 0 Å². The lowest BCUT2D eigenvalue weighted by atomic mass is 10.0. The van der Waals surface area contributed by atoms with E-state index in [-0.39, 0.29) is 12.4 Å². The van der Waals surface area contributed by atoms with Gasteiger partial charge >= 0.3 is 0 Å². The Labute approximate surface area is 115 Å². The molecule has 0 radical (unpaired) electrons. The Balaban J connectivity index is 0.00000162. The van der Waals surface area contributed by atoms with Crippen molar-refractivity contribution in [3.05, 3.63) is 11.7 Å². The van der Waals surface area contributed by atoms with E-state index in [4.69, 9.17) is 4.52 Å². The van der Waals surface area contributed by atoms with Crippen molar-refractivity contribution in [2.45, 2.75) is 45.7 Å². The summed E-state index contributed by atoms with van der Waals surface area (Å²) < 4.78 is 5.21. The molecule has 2 heterocycles. The average molecular weight is 275 g/mol. The van der Waals surface area contributed by atoms with Gasteiger partial charge in [0.05, 0.1) is 6.54 Å². The highest BCUT2D eigenvalue weighted by molar-refractivity contribution is 5.85. The van der Waals surface area contributed by atoms with Crippen molar-refractivity contribution in [1.82, 2.24) is 20.4 Å². The molecule has 1 aliphatic rings. The van der Waals surface area contributed by atoms with Gasteiger partial charge in [0.2, 0.25) is 5.89 Å². The van der Waals surface area contributed by atoms with E-state index in [9.17, 15) is 0 Å². The third kappa shape index (κ3) is 4.23. The maximum Gasteiger partial charge on any atom is 0.240 e. The molecule has 0 saturated carbocycles. The number of rotatable bonds is 5. The Morgan fingerprint density at radius 3 is 2.67 bits per heavy atom. The number of aromatic nitrogens is 2. The summed E-state index contributed by atoms with van der Waals surface area (Å²) in [6.07, 6.45) is 3.59. The van der Waals surface area contributed by atoms with Crippen molar-refractivity contribution < 1.29 is 4.52 Å². The van der Waals surface area contributed by atoms with Crippen molar-refractivity contribution in [1.29, 1.82) is 0 Å². The predicted molar refractivity (Wildman–Crippen MR) is 72.9 cm³/mol. The Morgan fingerprint density at radius 2 is 2.11 bits per heavy atom. The topological polar surface area (TPSA) is 54.2 Å². The van der Waals surface area contributed by atoms with E-state index in [2.05, 4.69) is 27.3 Å². The molecule has 0 unspecified atom stereocenters. The van der Waals surface area contributed by atoms with Crippen molar-refractivity contribution in [2.24, 2.45) is 0 Å². The fourth-order valence-corrected chi connectivity index (χ4v) is 2.43. The first-order valence-corrected chi connectivity index (χ1v) is 6.53. The van der Waals surface area contributed by atoms with E-state index in [0.717, 1.165) is 44.3 Å². The lowest BCUT2D eigenvalue weighted by molar-refractivity contribution is 0.137. The SMILES string of the molecule is CCCN(Cc1nc(C)no1)C1CCNCC1.Cl. The molecular formula is C12H23ClN4O. The summed E-state index contributed by atoms with van der Waals surface area (Å²) in [4.78, 5) is 6.77. The average Bonchev–Trinajstić information content (AvgIpc) is 2.75. The fourth-order valence-electron chi connectivity index (χ4n) is 2.43. The van der Waals surface area contributed by atoms with Gasteiger partial charge in [-0.3, -0.25) is 4.90 Å². The van der Waals surface area contributed by atoms with Crippen LogP contribution in [0.5, 0.6) is 0 Å². The van der Waals surface area contributed by atoms with Gasteiger partial charge in [-0.15, -0.1) is 12.4 Å². The van der Waals surface area contributed by atoms with Crippen LogP contribution in [-0.4, -0.2) is 40.7 Å². The predicted octanol–water partition coefficient (Wildman–Crippen LogP) is 1.76. The summed E-state index contributed by atoms with van der Waals surface area (Å²) >= 11 is 0. The van der Waals surface area contributed by atoms with Gasteiger partial charge in [-0.1, -0.05) is 12.1 Å². The molecule has 0 aliphatic carbocycles. The summed E-state index contributed by atoms with van der Waals surface area (Å²) in [5, 5.41) is 7.25. The minimum Gasteiger partial charge on any atom is -0.338 e. The molecule has 1 aromatic rings. The molecule has 1 aliphatic heterocycles. The smallest absolute Gasteiger partial charge is 0.240 e. The van der Waals surface area contributed by atoms with Crippen molar-refractivity contribution in [3.8, 4) is 0 Å². The molecule has 6 heteroatoms. The third-order valence-electron chi connectivity index (χ3n) is 3.24. The fraction of sp³-hybridized carbons (Fsp3) is 0.833. The minimum absolute atomic E-state index is 0. The zero-order chi connectivity index (χ0) is 12.1. The molecule has 5 nitrogen and oxygen atoms in total. The Morgan fingerprint density at radius 1 is 1.39 bits per heavy atom. The number of halogens is 1. The van der Waals surface area contributed by atoms with Crippen LogP contribution in [0.25, 0.3) is 0 Å². The summed E-state index contributed by atoms with van der Waals surface area (Å²) in [6.45, 7) is 8.21. The van der Waals surface area contributed by atoms with E-state index in [0.29, 0.717) is 6.04 Å². The molecular weight excluding hydrogens is 252 g/mol. The van der Waals surface area contributed by atoms with Crippen LogP contribution in [0.4, 0.5) is 0 Å². The molecule has 2 rings (SSSR count). The molecule has 1 aromatic heterocycles. The van der Waals surface area contributed by atoms with Crippen LogP contribution >= 0.6 is 12.4 Å². The van der Waals surface area contributed by atoms with Gasteiger partial charge in [0, 0.05) is 6.04 Å². The van der Waals surface area contributed by atoms with Crippen LogP contribution in [-0.2, 0) is 6.54 Å². The van der Waals surface area contributed by atoms with Crippen molar-refractivity contribution in [2.75, 3.05) is 19.6 Å². The lowest BCUT2D eigenvalue weighted by Gasteiger charge is -2.33. The first-order valence-electron chi connectivity index (χ1n) is 6.53. The highest BCUT2D eigenvalue weighted by Gasteiger charge is 2.22. The quantitative estimate of drug-likeness (QED) is 0.887. The van der Waals surface area contributed by atoms with Gasteiger partial charge in [-0.05, 0) is 45.8 Å². The lowest BCUT2D eigenvalue weighted by Crippen LogP contribution is -2.43. The van der Waals surface area contributed by atoms with E-state index >= 15 is 0 Å². The van der Waals surface area contributed by atoms with Crippen LogP contribution in [0.15, 0.2) is 4.52 Å². The summed E-state index contributed by atoms with van der Waals surface area (Å²) in [5.41, 5.74) is 0. The first kappa shape index (κ1) is 15.4. The highest BCUT2D eigenvalue weighted by Crippen LogP contribution is 2.15. The van der Waals surface area contributed by atoms with E-state index in [1.165, 1.54) is 12.8 Å². The molecule has 0 aromatic carbocycles. The van der Waals surface area contributed by atoms with Gasteiger partial charge < -0.3 is 9.84 Å². The van der Waals surface area contributed by atoms with Gasteiger partial charge in [0.15, 0.2) is 5.82 Å². The maximum atomic E-state index is 5.21. The molecule has 18 heavy (non-hydrogen) atoms. The zero-order valence-electron chi connectivity index (χ0n) is 11.2. The third-order valence-corrected chi connectivity index (χ3v) is 3.24. The van der Waals surface area contributed by atoms with Gasteiger partial charge in [-0.25, -0.2) is 0 Å². The molecule has 1 saturated heterocycles. The molecule has 1 fully saturated rings. The number of piperidine rings is 1. The van der Waals surface area contributed by atoms with Gasteiger partial charge in [0.25, 0.3) is 0 Å². The summed E-state index contributed by atoms with van der Waals surface area (Å²) in [5.74, 6) is 1.47. The number of nitrogens with zero attached hydrogens (tertiary/aromatic N) is 3. The minimum atomic E-state index is 0. The first-order chi connectivity index (χ1) is 8.29. The Bertz CT molecular complexity index is 339. The van der Waals surface area contributed by atoms with E-state index in [1.54, 1.807) is 0 Å². The van der Waals surface area contributed by atoms with E-state index in [1.807, 2.05) is 6.92 Å². The molecule has 0 amide bonds. The standard InChI is InChI=1S/C12H22N4O.ClH/c1-3-8-16(11-4-6-13-7-5-11)9-12-14-10(2)15-17-12;/h11,13H,3-9H2,1-2H3;1H. The molecule has 0 spiro atoms. The summed E-state index contributed by atoms with van der Waals surface area (Å²) in [6, 6.07) is 0.656. The van der Waals surface area contributed by atoms with Crippen LogP contribution < -0.4 is 5.32 Å². The molecule has 0 atom stereocenters. The molecule has 104 valence electrons. The Kier molecular flexibility index (Phi) is 6.60. The zero-order valence-corrected chi connectivity index (χ0v) is 12.0. The number of nitrogens with one attached hydrogen (secondary N) is 1. The molecule has 1 N–H and O–H groups in total. The number of aryl methyl sites for hydroxylation is 1. The van der Waals surface area contributed by atoms with Gasteiger partial charge in [-0.2, -0.15) is 4.98 Å². The second kappa shape index (κ2) is 7.71. The highest BCUT2D eigenvalue weighted by atomic mass is 35.5.